The van der Waals surface area contributed by atoms with Crippen LogP contribution >= 0.6 is 0 Å². The van der Waals surface area contributed by atoms with Crippen LogP contribution in [-0.4, -0.2) is 22.6 Å². The third-order valence-corrected chi connectivity index (χ3v) is 3.36. The Labute approximate surface area is 119 Å². The van der Waals surface area contributed by atoms with Gasteiger partial charge < -0.3 is 5.32 Å². The van der Waals surface area contributed by atoms with E-state index < -0.39 is 0 Å². The molecule has 1 amide bonds. The van der Waals surface area contributed by atoms with Crippen LogP contribution in [0.25, 0.3) is 0 Å². The van der Waals surface area contributed by atoms with Crippen molar-refractivity contribution in [1.82, 2.24) is 15.5 Å². The Bertz CT molecular complexity index is 557. The minimum atomic E-state index is 0.0813. The van der Waals surface area contributed by atoms with Gasteiger partial charge in [-0.3, -0.25) is 9.89 Å². The van der Waals surface area contributed by atoms with Crippen LogP contribution in [0.15, 0.2) is 30.5 Å². The van der Waals surface area contributed by atoms with Crippen molar-refractivity contribution in [2.45, 2.75) is 33.1 Å². The Morgan fingerprint density at radius 2 is 2.00 bits per heavy atom. The first-order chi connectivity index (χ1) is 9.65. The summed E-state index contributed by atoms with van der Waals surface area (Å²) in [6, 6.07) is 8.07. The zero-order valence-electron chi connectivity index (χ0n) is 12.1. The molecule has 1 heterocycles. The zero-order valence-corrected chi connectivity index (χ0v) is 12.1. The van der Waals surface area contributed by atoms with Crippen molar-refractivity contribution in [3.8, 4) is 0 Å². The fourth-order valence-electron chi connectivity index (χ4n) is 2.09. The van der Waals surface area contributed by atoms with Gasteiger partial charge in [-0.05, 0) is 37.8 Å². The van der Waals surface area contributed by atoms with Crippen LogP contribution in [0.1, 0.15) is 28.8 Å². The maximum absolute atomic E-state index is 11.8. The second-order valence-electron chi connectivity index (χ2n) is 5.14. The second-order valence-corrected chi connectivity index (χ2v) is 5.14. The normalized spacial score (nSPS) is 10.5. The number of amides is 1. The number of H-pyrrole nitrogens is 1. The number of hydrogen-bond acceptors (Lipinski definition) is 2. The number of rotatable bonds is 6. The highest BCUT2D eigenvalue weighted by atomic mass is 16.1. The maximum Gasteiger partial charge on any atom is 0.224 e. The first-order valence-corrected chi connectivity index (χ1v) is 6.96. The molecule has 2 aromatic rings. The number of aryl methyl sites for hydroxylation is 3. The van der Waals surface area contributed by atoms with E-state index in [1.807, 2.05) is 44.3 Å². The summed E-state index contributed by atoms with van der Waals surface area (Å²) in [7, 11) is 0. The summed E-state index contributed by atoms with van der Waals surface area (Å²) >= 11 is 0. The van der Waals surface area contributed by atoms with E-state index in [4.69, 9.17) is 0 Å². The van der Waals surface area contributed by atoms with Crippen LogP contribution in [-0.2, 0) is 17.6 Å². The maximum atomic E-state index is 11.8. The van der Waals surface area contributed by atoms with Crippen LogP contribution in [0.5, 0.6) is 0 Å². The lowest BCUT2D eigenvalue weighted by Crippen LogP contribution is -2.26. The predicted molar refractivity (Wildman–Crippen MR) is 79.5 cm³/mol. The smallest absolute Gasteiger partial charge is 0.224 e. The molecule has 4 heteroatoms. The van der Waals surface area contributed by atoms with Crippen LogP contribution in [0, 0.1) is 13.8 Å². The Hall–Kier alpha value is -2.10. The Morgan fingerprint density at radius 1 is 1.25 bits per heavy atom. The number of nitrogens with one attached hydrogen (secondary N) is 2. The van der Waals surface area contributed by atoms with E-state index in [2.05, 4.69) is 15.5 Å². The number of aromatic amines is 1. The highest BCUT2D eigenvalue weighted by Crippen LogP contribution is 2.06. The van der Waals surface area contributed by atoms with Crippen LogP contribution in [0.4, 0.5) is 0 Å². The van der Waals surface area contributed by atoms with Gasteiger partial charge in [-0.1, -0.05) is 29.8 Å². The summed E-state index contributed by atoms with van der Waals surface area (Å²) in [5.74, 6) is 0.0813. The van der Waals surface area contributed by atoms with E-state index in [1.165, 1.54) is 11.1 Å². The first kappa shape index (κ1) is 14.3. The van der Waals surface area contributed by atoms with Gasteiger partial charge in [-0.2, -0.15) is 5.10 Å². The van der Waals surface area contributed by atoms with Gasteiger partial charge in [-0.25, -0.2) is 0 Å². The molecule has 0 aliphatic heterocycles. The average molecular weight is 271 g/mol. The zero-order chi connectivity index (χ0) is 14.4. The lowest BCUT2D eigenvalue weighted by atomic mass is 10.1. The molecule has 0 unspecified atom stereocenters. The fourth-order valence-corrected chi connectivity index (χ4v) is 2.09. The minimum absolute atomic E-state index is 0.0813. The van der Waals surface area contributed by atoms with Gasteiger partial charge in [0, 0.05) is 12.2 Å². The Kier molecular flexibility index (Phi) is 4.93. The first-order valence-electron chi connectivity index (χ1n) is 6.96. The van der Waals surface area contributed by atoms with Gasteiger partial charge in [0.25, 0.3) is 0 Å². The third-order valence-electron chi connectivity index (χ3n) is 3.36. The molecule has 0 aliphatic rings. The molecule has 0 spiro atoms. The molecule has 1 aromatic heterocycles. The SMILES string of the molecule is Cc1ccc(CC(=O)NCCCc2cn[nH]c2C)cc1. The monoisotopic (exact) mass is 271 g/mol. The molecule has 0 bridgehead atoms. The molecule has 20 heavy (non-hydrogen) atoms. The molecule has 2 N–H and O–H groups in total. The number of nitrogens with zero attached hydrogens (tertiary/aromatic N) is 1. The lowest BCUT2D eigenvalue weighted by Gasteiger charge is -2.05. The average Bonchev–Trinajstić information content (AvgIpc) is 2.83. The van der Waals surface area contributed by atoms with Gasteiger partial charge >= 0.3 is 0 Å². The highest BCUT2D eigenvalue weighted by Gasteiger charge is 2.04. The quantitative estimate of drug-likeness (QED) is 0.792. The van der Waals surface area contributed by atoms with Gasteiger partial charge in [-0.15, -0.1) is 0 Å². The molecule has 1 aromatic carbocycles. The summed E-state index contributed by atoms with van der Waals surface area (Å²) in [6.45, 7) is 4.76. The Balaban J connectivity index is 1.68. The molecule has 4 nitrogen and oxygen atoms in total. The van der Waals surface area contributed by atoms with Gasteiger partial charge in [0.1, 0.15) is 0 Å². The highest BCUT2D eigenvalue weighted by molar-refractivity contribution is 5.78. The number of aromatic nitrogens is 2. The third kappa shape index (κ3) is 4.23. The summed E-state index contributed by atoms with van der Waals surface area (Å²) in [6.07, 6.45) is 4.17. The molecule has 2 rings (SSSR count). The van der Waals surface area contributed by atoms with E-state index in [-0.39, 0.29) is 5.91 Å². The van der Waals surface area contributed by atoms with Crippen molar-refractivity contribution in [1.29, 1.82) is 0 Å². The number of carbonyl (C=O) groups excluding carboxylic acids is 1. The van der Waals surface area contributed by atoms with E-state index in [1.54, 1.807) is 0 Å². The fraction of sp³-hybridized carbons (Fsp3) is 0.375. The van der Waals surface area contributed by atoms with Crippen molar-refractivity contribution >= 4 is 5.91 Å². The molecule has 0 saturated heterocycles. The van der Waals surface area contributed by atoms with E-state index in [9.17, 15) is 4.79 Å². The summed E-state index contributed by atoms with van der Waals surface area (Å²) in [4.78, 5) is 11.8. The van der Waals surface area contributed by atoms with E-state index >= 15 is 0 Å². The van der Waals surface area contributed by atoms with Crippen LogP contribution in [0.3, 0.4) is 0 Å². The van der Waals surface area contributed by atoms with Gasteiger partial charge in [0.2, 0.25) is 5.91 Å². The number of carbonyl (C=O) groups is 1. The van der Waals surface area contributed by atoms with Gasteiger partial charge in [0.05, 0.1) is 12.6 Å². The topological polar surface area (TPSA) is 57.8 Å². The molecular formula is C16H21N3O. The Morgan fingerprint density at radius 3 is 2.65 bits per heavy atom. The number of benzene rings is 1. The molecule has 106 valence electrons. The van der Waals surface area contributed by atoms with E-state index in [0.29, 0.717) is 13.0 Å². The van der Waals surface area contributed by atoms with Crippen molar-refractivity contribution < 1.29 is 4.79 Å². The molecule has 0 saturated carbocycles. The van der Waals surface area contributed by atoms with Crippen molar-refractivity contribution in [3.05, 3.63) is 52.8 Å². The van der Waals surface area contributed by atoms with Crippen LogP contribution in [0.2, 0.25) is 0 Å². The minimum Gasteiger partial charge on any atom is -0.356 e. The molecule has 0 atom stereocenters. The van der Waals surface area contributed by atoms with Crippen molar-refractivity contribution in [2.24, 2.45) is 0 Å². The summed E-state index contributed by atoms with van der Waals surface area (Å²) < 4.78 is 0. The second kappa shape index (κ2) is 6.89. The van der Waals surface area contributed by atoms with Gasteiger partial charge in [0.15, 0.2) is 0 Å². The van der Waals surface area contributed by atoms with Crippen LogP contribution < -0.4 is 5.32 Å². The molecular weight excluding hydrogens is 250 g/mol. The largest absolute Gasteiger partial charge is 0.356 e. The van der Waals surface area contributed by atoms with Crippen molar-refractivity contribution in [2.75, 3.05) is 6.54 Å². The molecule has 0 radical (unpaired) electrons. The summed E-state index contributed by atoms with van der Waals surface area (Å²) in [5, 5.41) is 9.86. The number of hydrogen-bond donors (Lipinski definition) is 2. The predicted octanol–water partition coefficient (Wildman–Crippen LogP) is 2.32. The molecule has 0 aliphatic carbocycles. The standard InChI is InChI=1S/C16H21N3O/c1-12-5-7-14(8-6-12)10-16(20)17-9-3-4-15-11-18-19-13(15)2/h5-8,11H,3-4,9-10H2,1-2H3,(H,17,20)(H,18,19). The van der Waals surface area contributed by atoms with Crippen molar-refractivity contribution in [3.63, 3.8) is 0 Å². The lowest BCUT2D eigenvalue weighted by molar-refractivity contribution is -0.120. The van der Waals surface area contributed by atoms with E-state index in [0.717, 1.165) is 24.1 Å². The summed E-state index contributed by atoms with van der Waals surface area (Å²) in [5.41, 5.74) is 4.59. The molecule has 0 fully saturated rings.